The summed E-state index contributed by atoms with van der Waals surface area (Å²) in [7, 11) is -3.62. The lowest BCUT2D eigenvalue weighted by molar-refractivity contribution is 0.583. The van der Waals surface area contributed by atoms with Gasteiger partial charge in [0.25, 0.3) is 14.9 Å². The van der Waals surface area contributed by atoms with Crippen LogP contribution in [0.25, 0.3) is 11.1 Å². The number of H-pyrrole nitrogens is 1. The minimum absolute atomic E-state index is 0.211. The summed E-state index contributed by atoms with van der Waals surface area (Å²) in [5, 5.41) is 0. The van der Waals surface area contributed by atoms with Crippen molar-refractivity contribution < 1.29 is 12.8 Å². The maximum absolute atomic E-state index is 12.3. The second-order valence-electron chi connectivity index (χ2n) is 4.64. The van der Waals surface area contributed by atoms with Gasteiger partial charge >= 0.3 is 0 Å². The molecule has 0 radical (unpaired) electrons. The standard InChI is InChI=1S/C14H12N2O3S2/c1-9-2-5-11(6-3-9)21(17,18)16-10-4-7-12-13(8-10)19-14(20)15-12/h2-8,16H,1H3,(H,15,20). The third kappa shape index (κ3) is 2.84. The highest BCUT2D eigenvalue weighted by atomic mass is 32.2. The van der Waals surface area contributed by atoms with Crippen molar-refractivity contribution in [2.75, 3.05) is 4.72 Å². The Morgan fingerprint density at radius 2 is 1.86 bits per heavy atom. The molecule has 0 spiro atoms. The molecule has 21 heavy (non-hydrogen) atoms. The number of sulfonamides is 1. The van der Waals surface area contributed by atoms with E-state index in [2.05, 4.69) is 9.71 Å². The first-order valence-corrected chi connectivity index (χ1v) is 8.05. The molecule has 0 unspecified atom stereocenters. The molecule has 2 N–H and O–H groups in total. The Bertz CT molecular complexity index is 954. The maximum atomic E-state index is 12.3. The SMILES string of the molecule is Cc1ccc(S(=O)(=O)Nc2ccc3[nH]c(=S)oc3c2)cc1. The van der Waals surface area contributed by atoms with E-state index in [1.807, 2.05) is 6.92 Å². The van der Waals surface area contributed by atoms with E-state index in [9.17, 15) is 8.42 Å². The van der Waals surface area contributed by atoms with Crippen LogP contribution in [0.4, 0.5) is 5.69 Å². The Morgan fingerprint density at radius 3 is 2.57 bits per heavy atom. The van der Waals surface area contributed by atoms with Crippen LogP contribution in [0, 0.1) is 11.8 Å². The van der Waals surface area contributed by atoms with Gasteiger partial charge in [0, 0.05) is 6.07 Å². The average molecular weight is 320 g/mol. The first-order valence-electron chi connectivity index (χ1n) is 6.16. The molecule has 3 aromatic rings. The van der Waals surface area contributed by atoms with Crippen molar-refractivity contribution in [3.8, 4) is 0 Å². The van der Waals surface area contributed by atoms with E-state index >= 15 is 0 Å². The molecular formula is C14H12N2O3S2. The van der Waals surface area contributed by atoms with Crippen molar-refractivity contribution in [3.63, 3.8) is 0 Å². The molecular weight excluding hydrogens is 308 g/mol. The van der Waals surface area contributed by atoms with Gasteiger partial charge in [0.05, 0.1) is 16.1 Å². The number of fused-ring (bicyclic) bond motifs is 1. The van der Waals surface area contributed by atoms with Crippen molar-refractivity contribution >= 4 is 39.0 Å². The number of hydrogen-bond acceptors (Lipinski definition) is 4. The lowest BCUT2D eigenvalue weighted by Crippen LogP contribution is -2.12. The molecule has 0 saturated carbocycles. The van der Waals surface area contributed by atoms with Crippen LogP contribution in [0.3, 0.4) is 0 Å². The number of aryl methyl sites for hydroxylation is 1. The zero-order valence-corrected chi connectivity index (χ0v) is 12.7. The Balaban J connectivity index is 1.96. The number of hydrogen-bond donors (Lipinski definition) is 2. The number of nitrogens with one attached hydrogen (secondary N) is 2. The summed E-state index contributed by atoms with van der Waals surface area (Å²) in [4.78, 5) is 3.32. The van der Waals surface area contributed by atoms with Crippen molar-refractivity contribution in [2.24, 2.45) is 0 Å². The van der Waals surface area contributed by atoms with E-state index in [1.165, 1.54) is 0 Å². The highest BCUT2D eigenvalue weighted by Crippen LogP contribution is 2.21. The van der Waals surface area contributed by atoms with Gasteiger partial charge in [-0.1, -0.05) is 17.7 Å². The van der Waals surface area contributed by atoms with Crippen LogP contribution in [0.1, 0.15) is 5.56 Å². The van der Waals surface area contributed by atoms with Gasteiger partial charge in [0.15, 0.2) is 5.58 Å². The zero-order valence-electron chi connectivity index (χ0n) is 11.1. The van der Waals surface area contributed by atoms with E-state index in [4.69, 9.17) is 16.6 Å². The third-order valence-corrected chi connectivity index (χ3v) is 4.59. The minimum atomic E-state index is -3.62. The fourth-order valence-corrected chi connectivity index (χ4v) is 3.19. The van der Waals surface area contributed by atoms with Gasteiger partial charge in [-0.25, -0.2) is 8.42 Å². The van der Waals surface area contributed by atoms with Crippen LogP contribution in [0.2, 0.25) is 0 Å². The molecule has 0 fully saturated rings. The molecule has 0 amide bonds. The average Bonchev–Trinajstić information content (AvgIpc) is 2.78. The number of benzene rings is 2. The summed E-state index contributed by atoms with van der Waals surface area (Å²) in [5.41, 5.74) is 2.64. The van der Waals surface area contributed by atoms with Gasteiger partial charge < -0.3 is 9.40 Å². The van der Waals surface area contributed by atoms with Gasteiger partial charge in [-0.15, -0.1) is 0 Å². The Hall–Kier alpha value is -2.12. The molecule has 0 bridgehead atoms. The van der Waals surface area contributed by atoms with Crippen LogP contribution in [0.5, 0.6) is 0 Å². The Labute approximate surface area is 126 Å². The molecule has 7 heteroatoms. The molecule has 5 nitrogen and oxygen atoms in total. The molecule has 1 heterocycles. The number of aromatic nitrogens is 1. The fourth-order valence-electron chi connectivity index (χ4n) is 1.94. The first-order chi connectivity index (χ1) is 9.94. The van der Waals surface area contributed by atoms with Gasteiger partial charge in [-0.2, -0.15) is 0 Å². The largest absolute Gasteiger partial charge is 0.429 e. The van der Waals surface area contributed by atoms with Crippen molar-refractivity contribution in [1.29, 1.82) is 0 Å². The lowest BCUT2D eigenvalue weighted by atomic mass is 10.2. The lowest BCUT2D eigenvalue weighted by Gasteiger charge is -2.08. The number of aromatic amines is 1. The van der Waals surface area contributed by atoms with Gasteiger partial charge in [-0.3, -0.25) is 4.72 Å². The fraction of sp³-hybridized carbons (Fsp3) is 0.0714. The smallest absolute Gasteiger partial charge is 0.266 e. The molecule has 1 aromatic heterocycles. The summed E-state index contributed by atoms with van der Waals surface area (Å²) in [5.74, 6) is 0. The highest BCUT2D eigenvalue weighted by Gasteiger charge is 2.14. The first kappa shape index (κ1) is 13.8. The number of rotatable bonds is 3. The van der Waals surface area contributed by atoms with Gasteiger partial charge in [-0.05, 0) is 43.4 Å². The summed E-state index contributed by atoms with van der Waals surface area (Å²) in [6, 6.07) is 11.6. The molecule has 2 aromatic carbocycles. The van der Waals surface area contributed by atoms with Crippen LogP contribution >= 0.6 is 12.2 Å². The predicted molar refractivity (Wildman–Crippen MR) is 83.4 cm³/mol. The van der Waals surface area contributed by atoms with Crippen LogP contribution < -0.4 is 4.72 Å². The molecule has 0 aliphatic heterocycles. The maximum Gasteiger partial charge on any atom is 0.266 e. The summed E-state index contributed by atoms with van der Waals surface area (Å²) in [6.07, 6.45) is 0. The molecule has 0 saturated heterocycles. The van der Waals surface area contributed by atoms with Crippen LogP contribution in [-0.2, 0) is 10.0 Å². The number of anilines is 1. The van der Waals surface area contributed by atoms with E-state index in [0.29, 0.717) is 11.3 Å². The van der Waals surface area contributed by atoms with Crippen molar-refractivity contribution in [3.05, 3.63) is 52.9 Å². The second-order valence-corrected chi connectivity index (χ2v) is 6.70. The zero-order chi connectivity index (χ0) is 15.0. The van der Waals surface area contributed by atoms with E-state index in [1.54, 1.807) is 42.5 Å². The van der Waals surface area contributed by atoms with Gasteiger partial charge in [0.2, 0.25) is 0 Å². The highest BCUT2D eigenvalue weighted by molar-refractivity contribution is 7.92. The molecule has 0 aliphatic carbocycles. The van der Waals surface area contributed by atoms with Crippen LogP contribution in [-0.4, -0.2) is 13.4 Å². The molecule has 108 valence electrons. The quantitative estimate of drug-likeness (QED) is 0.723. The summed E-state index contributed by atoms with van der Waals surface area (Å²) < 4.78 is 32.4. The van der Waals surface area contributed by atoms with E-state index in [-0.39, 0.29) is 9.73 Å². The monoisotopic (exact) mass is 320 g/mol. The van der Waals surface area contributed by atoms with Crippen LogP contribution in [0.15, 0.2) is 51.8 Å². The summed E-state index contributed by atoms with van der Waals surface area (Å²) >= 11 is 4.89. The molecule has 3 rings (SSSR count). The minimum Gasteiger partial charge on any atom is -0.429 e. The normalized spacial score (nSPS) is 11.7. The Kier molecular flexibility index (Phi) is 3.30. The molecule has 0 aliphatic rings. The second kappa shape index (κ2) is 5.01. The predicted octanol–water partition coefficient (Wildman–Crippen LogP) is 3.60. The van der Waals surface area contributed by atoms with E-state index in [0.717, 1.165) is 11.1 Å². The van der Waals surface area contributed by atoms with Crippen molar-refractivity contribution in [2.45, 2.75) is 11.8 Å². The van der Waals surface area contributed by atoms with Gasteiger partial charge in [0.1, 0.15) is 0 Å². The third-order valence-electron chi connectivity index (χ3n) is 3.00. The van der Waals surface area contributed by atoms with E-state index < -0.39 is 10.0 Å². The Morgan fingerprint density at radius 1 is 1.14 bits per heavy atom. The van der Waals surface area contributed by atoms with Crippen molar-refractivity contribution in [1.82, 2.24) is 4.98 Å². The topological polar surface area (TPSA) is 75.1 Å². The molecule has 0 atom stereocenters. The number of oxazole rings is 1. The summed E-state index contributed by atoms with van der Waals surface area (Å²) in [6.45, 7) is 1.90.